The molecule has 7 atom stereocenters. The van der Waals surface area contributed by atoms with Gasteiger partial charge in [-0.15, -0.1) is 0 Å². The van der Waals surface area contributed by atoms with Gasteiger partial charge < -0.3 is 35.0 Å². The number of ether oxygens (including phenoxy) is 1. The average molecular weight is 371 g/mol. The van der Waals surface area contributed by atoms with E-state index >= 15 is 0 Å². The molecule has 2 aliphatic heterocycles. The zero-order valence-electron chi connectivity index (χ0n) is 12.4. The van der Waals surface area contributed by atoms with Crippen LogP contribution in [0.3, 0.4) is 0 Å². The van der Waals surface area contributed by atoms with Crippen molar-refractivity contribution >= 4 is 19.7 Å². The predicted molar refractivity (Wildman–Crippen MR) is 71.9 cm³/mol. The zero-order valence-corrected chi connectivity index (χ0v) is 13.3. The first kappa shape index (κ1) is 19.2. The highest BCUT2D eigenvalue weighted by atomic mass is 31.2. The van der Waals surface area contributed by atoms with E-state index in [0.29, 0.717) is 0 Å². The lowest BCUT2D eigenvalue weighted by Gasteiger charge is -2.44. The van der Waals surface area contributed by atoms with Crippen LogP contribution >= 0.6 is 7.82 Å². The number of nitrogens with one attached hydrogen (secondary N) is 1. The Hall–Kier alpha value is -1.11. The molecule has 13 heteroatoms. The van der Waals surface area contributed by atoms with Gasteiger partial charge in [0.25, 0.3) is 5.79 Å². The van der Waals surface area contributed by atoms with Gasteiger partial charge in [-0.3, -0.25) is 9.69 Å². The predicted octanol–water partition coefficient (Wildman–Crippen LogP) is -3.27. The van der Waals surface area contributed by atoms with Gasteiger partial charge in [0.1, 0.15) is 18.3 Å². The highest BCUT2D eigenvalue weighted by Gasteiger charge is 2.64. The second kappa shape index (κ2) is 6.65. The van der Waals surface area contributed by atoms with Crippen LogP contribution in [0, 0.1) is 0 Å². The second-order valence-corrected chi connectivity index (χ2v) is 6.81. The maximum absolute atomic E-state index is 11.9. The van der Waals surface area contributed by atoms with E-state index in [9.17, 15) is 34.4 Å². The van der Waals surface area contributed by atoms with Crippen LogP contribution in [-0.2, 0) is 27.9 Å². The second-order valence-electron chi connectivity index (χ2n) is 5.51. The molecule has 12 nitrogen and oxygen atoms in total. The van der Waals surface area contributed by atoms with Gasteiger partial charge in [0.15, 0.2) is 0 Å². The maximum Gasteiger partial charge on any atom is 0.532 e. The first-order valence-electron chi connectivity index (χ1n) is 6.89. The molecule has 1 spiro atoms. The van der Waals surface area contributed by atoms with E-state index in [1.54, 1.807) is 0 Å². The molecule has 0 radical (unpaired) electrons. The molecular weight excluding hydrogens is 353 g/mol. The van der Waals surface area contributed by atoms with Crippen LogP contribution in [0.2, 0.25) is 0 Å². The van der Waals surface area contributed by atoms with Crippen molar-refractivity contribution in [1.82, 2.24) is 5.32 Å². The van der Waals surface area contributed by atoms with E-state index in [2.05, 4.69) is 14.4 Å². The smallest absolute Gasteiger partial charge is 0.394 e. The van der Waals surface area contributed by atoms with Gasteiger partial charge >= 0.3 is 13.8 Å². The molecule has 138 valence electrons. The summed E-state index contributed by atoms with van der Waals surface area (Å²) in [6, 6.07) is -1.29. The third kappa shape index (κ3) is 3.60. The lowest BCUT2D eigenvalue weighted by molar-refractivity contribution is -0.273. The fourth-order valence-electron chi connectivity index (χ4n) is 2.59. The van der Waals surface area contributed by atoms with Crippen molar-refractivity contribution in [2.45, 2.75) is 49.6 Å². The summed E-state index contributed by atoms with van der Waals surface area (Å²) < 4.78 is 25.4. The third-order valence-corrected chi connectivity index (χ3v) is 4.55. The zero-order chi connectivity index (χ0) is 18.3. The van der Waals surface area contributed by atoms with E-state index in [4.69, 9.17) is 9.84 Å². The highest BCUT2D eigenvalue weighted by Crippen LogP contribution is 2.57. The first-order valence-corrected chi connectivity index (χ1v) is 8.38. The van der Waals surface area contributed by atoms with E-state index in [1.807, 2.05) is 0 Å². The van der Waals surface area contributed by atoms with Gasteiger partial charge in [-0.1, -0.05) is 0 Å². The number of aliphatic hydroxyl groups is 4. The van der Waals surface area contributed by atoms with Crippen LogP contribution in [0.15, 0.2) is 0 Å². The Balaban J connectivity index is 2.35. The molecule has 2 saturated heterocycles. The number of hydrogen-bond donors (Lipinski definition) is 6. The minimum Gasteiger partial charge on any atom is -0.394 e. The monoisotopic (exact) mass is 371 g/mol. The number of phosphoric ester groups is 1. The molecular formula is C11H18NO11P. The molecule has 0 bridgehead atoms. The van der Waals surface area contributed by atoms with Crippen LogP contribution in [0.25, 0.3) is 0 Å². The Bertz CT molecular complexity index is 570. The van der Waals surface area contributed by atoms with Crippen molar-refractivity contribution in [3.05, 3.63) is 0 Å². The Labute approximate surface area is 135 Å². The van der Waals surface area contributed by atoms with Crippen LogP contribution < -0.4 is 5.32 Å². The lowest BCUT2D eigenvalue weighted by Crippen LogP contribution is -2.66. The number of hydrogen-bond acceptors (Lipinski definition) is 10. The largest absolute Gasteiger partial charge is 0.532 e. The molecule has 2 fully saturated rings. The third-order valence-electron chi connectivity index (χ3n) is 3.63. The Morgan fingerprint density at radius 2 is 2.12 bits per heavy atom. The summed E-state index contributed by atoms with van der Waals surface area (Å²) >= 11 is 0. The summed E-state index contributed by atoms with van der Waals surface area (Å²) in [5.41, 5.74) is 0. The van der Waals surface area contributed by atoms with Crippen molar-refractivity contribution in [2.75, 3.05) is 6.61 Å². The standard InChI is InChI=1S/C11H18NO11P/c1-4(14)12-7-5(15)2-11(10(18)22-24(19,20)23-11)21-9(7)8(17)6(16)3-13/h5-9,13,15-17H,2-3H2,1H3,(H,12,14)(H,19,20)/t5-,6+,7+,8?,9+,11+/m0/s1. The van der Waals surface area contributed by atoms with Gasteiger partial charge in [-0.25, -0.2) is 13.9 Å². The van der Waals surface area contributed by atoms with Crippen molar-refractivity contribution in [1.29, 1.82) is 0 Å². The minimum absolute atomic E-state index is 0.614. The molecule has 0 aliphatic carbocycles. The average Bonchev–Trinajstić information content (AvgIpc) is 2.68. The normalized spacial score (nSPS) is 41.8. The summed E-state index contributed by atoms with van der Waals surface area (Å²) in [5.74, 6) is -4.50. The Kier molecular flexibility index (Phi) is 5.33. The molecule has 0 aromatic rings. The molecule has 6 N–H and O–H groups in total. The van der Waals surface area contributed by atoms with Crippen molar-refractivity contribution in [3.63, 3.8) is 0 Å². The van der Waals surface area contributed by atoms with Crippen molar-refractivity contribution < 1.29 is 53.3 Å². The van der Waals surface area contributed by atoms with Gasteiger partial charge in [-0.2, -0.15) is 0 Å². The van der Waals surface area contributed by atoms with E-state index in [1.165, 1.54) is 0 Å². The van der Waals surface area contributed by atoms with Gasteiger partial charge in [0.05, 0.1) is 18.8 Å². The molecule has 2 heterocycles. The van der Waals surface area contributed by atoms with Gasteiger partial charge in [-0.05, 0) is 0 Å². The molecule has 0 saturated carbocycles. The summed E-state index contributed by atoms with van der Waals surface area (Å²) in [5, 5.41) is 41.1. The van der Waals surface area contributed by atoms with E-state index in [0.717, 1.165) is 6.92 Å². The maximum atomic E-state index is 11.9. The number of carbonyl (C=O) groups excluding carboxylic acids is 2. The fourth-order valence-corrected chi connectivity index (χ4v) is 3.54. The topological polar surface area (TPSA) is 192 Å². The molecule has 2 unspecified atom stereocenters. The van der Waals surface area contributed by atoms with Gasteiger partial charge in [0, 0.05) is 13.3 Å². The SMILES string of the molecule is CC(=O)N[C@@H]1[C@@H](O)C[C@@]2(O[C@H]1C(O)[C@H](O)CO)OP(=O)(O)OC2=O. The lowest BCUT2D eigenvalue weighted by atomic mass is 9.88. The number of aliphatic hydroxyl groups excluding tert-OH is 4. The molecule has 0 aromatic heterocycles. The molecule has 24 heavy (non-hydrogen) atoms. The summed E-state index contributed by atoms with van der Waals surface area (Å²) in [6.07, 6.45) is -7.48. The number of phosphoric acid groups is 1. The highest BCUT2D eigenvalue weighted by molar-refractivity contribution is 7.48. The number of rotatable bonds is 4. The molecule has 0 aromatic carbocycles. The molecule has 2 rings (SSSR count). The van der Waals surface area contributed by atoms with Gasteiger partial charge in [0.2, 0.25) is 5.91 Å². The summed E-state index contributed by atoms with van der Waals surface area (Å²) in [7, 11) is -4.76. The molecule has 2 aliphatic rings. The van der Waals surface area contributed by atoms with E-state index < -0.39 is 69.0 Å². The van der Waals surface area contributed by atoms with Crippen LogP contribution in [0.4, 0.5) is 0 Å². The first-order chi connectivity index (χ1) is 11.0. The van der Waals surface area contributed by atoms with Crippen molar-refractivity contribution in [2.24, 2.45) is 0 Å². The quantitative estimate of drug-likeness (QED) is 0.272. The minimum atomic E-state index is -4.76. The summed E-state index contributed by atoms with van der Waals surface area (Å²) in [4.78, 5) is 32.4. The van der Waals surface area contributed by atoms with Crippen LogP contribution in [0.5, 0.6) is 0 Å². The van der Waals surface area contributed by atoms with E-state index in [-0.39, 0.29) is 0 Å². The van der Waals surface area contributed by atoms with Crippen molar-refractivity contribution in [3.8, 4) is 0 Å². The number of amides is 1. The Morgan fingerprint density at radius 3 is 2.58 bits per heavy atom. The fraction of sp³-hybridized carbons (Fsp3) is 0.818. The van der Waals surface area contributed by atoms with Crippen LogP contribution in [-0.4, -0.2) is 80.0 Å². The number of carbonyl (C=O) groups is 2. The summed E-state index contributed by atoms with van der Waals surface area (Å²) in [6.45, 7) is 0.228. The van der Waals surface area contributed by atoms with Crippen LogP contribution in [0.1, 0.15) is 13.3 Å². The molecule has 1 amide bonds. The Morgan fingerprint density at radius 1 is 1.50 bits per heavy atom.